The molecule has 2 nitrogen and oxygen atoms in total. The van der Waals surface area contributed by atoms with Crippen molar-refractivity contribution < 1.29 is 4.74 Å². The van der Waals surface area contributed by atoms with Gasteiger partial charge in [0.05, 0.1) is 6.61 Å². The zero-order valence-corrected chi connectivity index (χ0v) is 10.6. The third kappa shape index (κ3) is 4.98. The number of hydrogen-bond donors (Lipinski definition) is 1. The molecule has 0 amide bonds. The Morgan fingerprint density at radius 2 is 2.20 bits per heavy atom. The summed E-state index contributed by atoms with van der Waals surface area (Å²) in [6.45, 7) is 9.94. The van der Waals surface area contributed by atoms with Crippen molar-refractivity contribution in [1.29, 1.82) is 0 Å². The van der Waals surface area contributed by atoms with Crippen molar-refractivity contribution in [1.82, 2.24) is 5.32 Å². The standard InChI is InChI=1S/C13H27NO/c1-4-7-14-13(9-11(2)3)12-6-5-8-15-10-12/h11-14H,4-10H2,1-3H3. The highest BCUT2D eigenvalue weighted by Crippen LogP contribution is 2.22. The average molecular weight is 213 g/mol. The minimum absolute atomic E-state index is 0.672. The first-order chi connectivity index (χ1) is 7.24. The van der Waals surface area contributed by atoms with Crippen molar-refractivity contribution in [2.45, 2.75) is 52.5 Å². The van der Waals surface area contributed by atoms with E-state index in [9.17, 15) is 0 Å². The van der Waals surface area contributed by atoms with Crippen LogP contribution in [0.5, 0.6) is 0 Å². The summed E-state index contributed by atoms with van der Waals surface area (Å²) in [7, 11) is 0. The second-order valence-corrected chi connectivity index (χ2v) is 5.17. The van der Waals surface area contributed by atoms with Crippen LogP contribution in [0.25, 0.3) is 0 Å². The molecular formula is C13H27NO. The maximum absolute atomic E-state index is 5.58. The predicted molar refractivity (Wildman–Crippen MR) is 65.1 cm³/mol. The molecule has 2 atom stereocenters. The number of nitrogens with one attached hydrogen (secondary N) is 1. The number of ether oxygens (including phenoxy) is 1. The van der Waals surface area contributed by atoms with Crippen LogP contribution in [0.2, 0.25) is 0 Å². The van der Waals surface area contributed by atoms with E-state index in [-0.39, 0.29) is 0 Å². The summed E-state index contributed by atoms with van der Waals surface area (Å²) in [5.74, 6) is 1.52. The lowest BCUT2D eigenvalue weighted by Gasteiger charge is -2.32. The van der Waals surface area contributed by atoms with Gasteiger partial charge in [0, 0.05) is 12.6 Å². The van der Waals surface area contributed by atoms with E-state index in [0.29, 0.717) is 6.04 Å². The molecule has 1 saturated heterocycles. The molecule has 15 heavy (non-hydrogen) atoms. The van der Waals surface area contributed by atoms with Crippen LogP contribution < -0.4 is 5.32 Å². The monoisotopic (exact) mass is 213 g/mol. The highest BCUT2D eigenvalue weighted by molar-refractivity contribution is 4.79. The Bertz CT molecular complexity index is 153. The van der Waals surface area contributed by atoms with Crippen molar-refractivity contribution >= 4 is 0 Å². The molecule has 0 radical (unpaired) electrons. The van der Waals surface area contributed by atoms with Gasteiger partial charge in [0.25, 0.3) is 0 Å². The number of rotatable bonds is 6. The molecule has 0 saturated carbocycles. The largest absolute Gasteiger partial charge is 0.381 e. The van der Waals surface area contributed by atoms with Crippen LogP contribution in [-0.4, -0.2) is 25.8 Å². The molecule has 0 aromatic carbocycles. The number of hydrogen-bond acceptors (Lipinski definition) is 2. The third-order valence-corrected chi connectivity index (χ3v) is 3.15. The van der Waals surface area contributed by atoms with Crippen LogP contribution in [0.15, 0.2) is 0 Å². The highest BCUT2D eigenvalue weighted by atomic mass is 16.5. The first kappa shape index (κ1) is 13.0. The molecule has 0 bridgehead atoms. The van der Waals surface area contributed by atoms with Crippen LogP contribution in [0.4, 0.5) is 0 Å². The molecule has 0 spiro atoms. The quantitative estimate of drug-likeness (QED) is 0.732. The summed E-state index contributed by atoms with van der Waals surface area (Å²) in [6, 6.07) is 0.672. The summed E-state index contributed by atoms with van der Waals surface area (Å²) in [6.07, 6.45) is 5.09. The van der Waals surface area contributed by atoms with Crippen molar-refractivity contribution in [3.8, 4) is 0 Å². The van der Waals surface area contributed by atoms with Gasteiger partial charge in [0.1, 0.15) is 0 Å². The van der Waals surface area contributed by atoms with Gasteiger partial charge in [-0.1, -0.05) is 20.8 Å². The normalized spacial score (nSPS) is 24.4. The van der Waals surface area contributed by atoms with Gasteiger partial charge < -0.3 is 10.1 Å². The first-order valence-electron chi connectivity index (χ1n) is 6.55. The maximum atomic E-state index is 5.58. The molecule has 1 N–H and O–H groups in total. The molecule has 0 aromatic rings. The van der Waals surface area contributed by atoms with Crippen molar-refractivity contribution in [2.24, 2.45) is 11.8 Å². The first-order valence-corrected chi connectivity index (χ1v) is 6.55. The molecule has 1 aliphatic heterocycles. The van der Waals surface area contributed by atoms with Crippen LogP contribution in [0.3, 0.4) is 0 Å². The van der Waals surface area contributed by atoms with Crippen LogP contribution in [0.1, 0.15) is 46.5 Å². The van der Waals surface area contributed by atoms with E-state index in [1.165, 1.54) is 25.7 Å². The van der Waals surface area contributed by atoms with Crippen molar-refractivity contribution in [3.63, 3.8) is 0 Å². The zero-order valence-electron chi connectivity index (χ0n) is 10.6. The summed E-state index contributed by atoms with van der Waals surface area (Å²) in [5.41, 5.74) is 0. The van der Waals surface area contributed by atoms with E-state index in [1.54, 1.807) is 0 Å². The van der Waals surface area contributed by atoms with Gasteiger partial charge in [0.2, 0.25) is 0 Å². The zero-order chi connectivity index (χ0) is 11.1. The van der Waals surface area contributed by atoms with Gasteiger partial charge in [-0.25, -0.2) is 0 Å². The Hall–Kier alpha value is -0.0800. The Kier molecular flexibility index (Phi) is 6.26. The van der Waals surface area contributed by atoms with E-state index in [1.807, 2.05) is 0 Å². The summed E-state index contributed by atoms with van der Waals surface area (Å²) >= 11 is 0. The van der Waals surface area contributed by atoms with E-state index in [0.717, 1.165) is 31.6 Å². The molecular weight excluding hydrogens is 186 g/mol. The van der Waals surface area contributed by atoms with Gasteiger partial charge in [-0.05, 0) is 44.1 Å². The van der Waals surface area contributed by atoms with E-state index >= 15 is 0 Å². The average Bonchev–Trinajstić information content (AvgIpc) is 2.25. The smallest absolute Gasteiger partial charge is 0.0509 e. The minimum atomic E-state index is 0.672. The second-order valence-electron chi connectivity index (χ2n) is 5.17. The van der Waals surface area contributed by atoms with E-state index in [4.69, 9.17) is 4.74 Å². The summed E-state index contributed by atoms with van der Waals surface area (Å²) < 4.78 is 5.58. The SMILES string of the molecule is CCCNC(CC(C)C)C1CCCOC1. The van der Waals surface area contributed by atoms with Gasteiger partial charge in [-0.3, -0.25) is 0 Å². The predicted octanol–water partition coefficient (Wildman–Crippen LogP) is 2.83. The summed E-state index contributed by atoms with van der Waals surface area (Å²) in [4.78, 5) is 0. The topological polar surface area (TPSA) is 21.3 Å². The van der Waals surface area contributed by atoms with Crippen molar-refractivity contribution in [3.05, 3.63) is 0 Å². The highest BCUT2D eigenvalue weighted by Gasteiger charge is 2.24. The molecule has 1 fully saturated rings. The fourth-order valence-corrected chi connectivity index (χ4v) is 2.36. The molecule has 0 aromatic heterocycles. The Balaban J connectivity index is 2.37. The lowest BCUT2D eigenvalue weighted by molar-refractivity contribution is 0.0360. The van der Waals surface area contributed by atoms with Gasteiger partial charge in [-0.15, -0.1) is 0 Å². The van der Waals surface area contributed by atoms with Gasteiger partial charge >= 0.3 is 0 Å². The fraction of sp³-hybridized carbons (Fsp3) is 1.00. The molecule has 2 unspecified atom stereocenters. The molecule has 0 aliphatic carbocycles. The Morgan fingerprint density at radius 3 is 2.73 bits per heavy atom. The molecule has 90 valence electrons. The van der Waals surface area contributed by atoms with Crippen LogP contribution in [-0.2, 0) is 4.74 Å². The fourth-order valence-electron chi connectivity index (χ4n) is 2.36. The second kappa shape index (κ2) is 7.24. The Morgan fingerprint density at radius 1 is 1.40 bits per heavy atom. The maximum Gasteiger partial charge on any atom is 0.0509 e. The van der Waals surface area contributed by atoms with Crippen LogP contribution in [0, 0.1) is 11.8 Å². The molecule has 1 rings (SSSR count). The minimum Gasteiger partial charge on any atom is -0.381 e. The van der Waals surface area contributed by atoms with E-state index in [2.05, 4.69) is 26.1 Å². The van der Waals surface area contributed by atoms with Crippen molar-refractivity contribution in [2.75, 3.05) is 19.8 Å². The molecule has 1 aliphatic rings. The Labute approximate surface area is 94.8 Å². The van der Waals surface area contributed by atoms with Gasteiger partial charge in [0.15, 0.2) is 0 Å². The van der Waals surface area contributed by atoms with E-state index < -0.39 is 0 Å². The lowest BCUT2D eigenvalue weighted by Crippen LogP contribution is -2.41. The lowest BCUT2D eigenvalue weighted by atomic mass is 9.88. The molecule has 2 heteroatoms. The third-order valence-electron chi connectivity index (χ3n) is 3.15. The van der Waals surface area contributed by atoms with Gasteiger partial charge in [-0.2, -0.15) is 0 Å². The molecule has 1 heterocycles. The summed E-state index contributed by atoms with van der Waals surface area (Å²) in [5, 5.41) is 3.69. The van der Waals surface area contributed by atoms with Crippen LogP contribution >= 0.6 is 0 Å².